The summed E-state index contributed by atoms with van der Waals surface area (Å²) in [5.74, 6) is 0. The Bertz CT molecular complexity index is 307. The molecule has 1 N–H and O–H groups in total. The van der Waals surface area contributed by atoms with Gasteiger partial charge in [-0.2, -0.15) is 0 Å². The van der Waals surface area contributed by atoms with Crippen molar-refractivity contribution in [1.29, 1.82) is 0 Å². The van der Waals surface area contributed by atoms with Crippen molar-refractivity contribution in [2.45, 2.75) is 19.4 Å². The molecule has 0 saturated carbocycles. The van der Waals surface area contributed by atoms with Gasteiger partial charge in [-0.1, -0.05) is 25.1 Å². The third-order valence-electron chi connectivity index (χ3n) is 3.15. The second-order valence-corrected chi connectivity index (χ2v) is 4.13. The van der Waals surface area contributed by atoms with E-state index in [9.17, 15) is 4.39 Å². The zero-order valence-corrected chi connectivity index (χ0v) is 9.75. The number of benzene rings is 1. The molecular weight excluding hydrogens is 203 g/mol. The highest BCUT2D eigenvalue weighted by molar-refractivity contribution is 5.56. The number of anilines is 1. The first-order valence-corrected chi connectivity index (χ1v) is 6.00. The molecule has 2 rings (SSSR count). The molecule has 1 heterocycles. The zero-order valence-electron chi connectivity index (χ0n) is 9.75. The lowest BCUT2D eigenvalue weighted by Gasteiger charge is -2.35. The SMILES string of the molecule is CCNC1CCN(CCF)c2ccccc21. The largest absolute Gasteiger partial charge is 0.369 e. The van der Waals surface area contributed by atoms with Crippen LogP contribution < -0.4 is 10.2 Å². The Morgan fingerprint density at radius 3 is 3.00 bits per heavy atom. The smallest absolute Gasteiger partial charge is 0.107 e. The minimum absolute atomic E-state index is 0.278. The number of halogens is 1. The molecule has 1 aromatic carbocycles. The van der Waals surface area contributed by atoms with E-state index in [4.69, 9.17) is 0 Å². The molecule has 0 aromatic heterocycles. The highest BCUT2D eigenvalue weighted by Gasteiger charge is 2.23. The van der Waals surface area contributed by atoms with Crippen LogP contribution in [0.4, 0.5) is 10.1 Å². The maximum Gasteiger partial charge on any atom is 0.107 e. The van der Waals surface area contributed by atoms with Crippen LogP contribution in [0, 0.1) is 0 Å². The summed E-state index contributed by atoms with van der Waals surface area (Å²) in [4.78, 5) is 2.14. The van der Waals surface area contributed by atoms with Crippen molar-refractivity contribution in [2.75, 3.05) is 31.2 Å². The van der Waals surface area contributed by atoms with Gasteiger partial charge in [-0.25, -0.2) is 4.39 Å². The van der Waals surface area contributed by atoms with Crippen molar-refractivity contribution in [3.63, 3.8) is 0 Å². The lowest BCUT2D eigenvalue weighted by atomic mass is 9.96. The normalized spacial score (nSPS) is 19.6. The Morgan fingerprint density at radius 2 is 2.25 bits per heavy atom. The van der Waals surface area contributed by atoms with Crippen molar-refractivity contribution in [3.8, 4) is 0 Å². The summed E-state index contributed by atoms with van der Waals surface area (Å²) in [7, 11) is 0. The van der Waals surface area contributed by atoms with Gasteiger partial charge in [-0.05, 0) is 24.6 Å². The van der Waals surface area contributed by atoms with Crippen LogP contribution in [-0.4, -0.2) is 26.3 Å². The summed E-state index contributed by atoms with van der Waals surface area (Å²) >= 11 is 0. The molecule has 1 aliphatic heterocycles. The van der Waals surface area contributed by atoms with Crippen LogP contribution in [0.5, 0.6) is 0 Å². The fourth-order valence-corrected chi connectivity index (χ4v) is 2.42. The minimum Gasteiger partial charge on any atom is -0.369 e. The maximum atomic E-state index is 12.5. The number of hydrogen-bond acceptors (Lipinski definition) is 2. The van der Waals surface area contributed by atoms with Gasteiger partial charge < -0.3 is 10.2 Å². The Balaban J connectivity index is 2.25. The fraction of sp³-hybridized carbons (Fsp3) is 0.538. The van der Waals surface area contributed by atoms with Gasteiger partial charge in [0.2, 0.25) is 0 Å². The molecule has 0 radical (unpaired) electrons. The molecule has 2 nitrogen and oxygen atoms in total. The summed E-state index contributed by atoms with van der Waals surface area (Å²) in [5.41, 5.74) is 2.50. The Hall–Kier alpha value is -1.09. The van der Waals surface area contributed by atoms with Crippen LogP contribution in [0.3, 0.4) is 0 Å². The van der Waals surface area contributed by atoms with Gasteiger partial charge in [-0.15, -0.1) is 0 Å². The van der Waals surface area contributed by atoms with Crippen LogP contribution in [0.25, 0.3) is 0 Å². The van der Waals surface area contributed by atoms with E-state index in [0.717, 1.165) is 19.5 Å². The number of nitrogens with zero attached hydrogens (tertiary/aromatic N) is 1. The van der Waals surface area contributed by atoms with Crippen molar-refractivity contribution in [3.05, 3.63) is 29.8 Å². The van der Waals surface area contributed by atoms with E-state index in [0.29, 0.717) is 12.6 Å². The highest BCUT2D eigenvalue weighted by atomic mass is 19.1. The molecule has 88 valence electrons. The average molecular weight is 222 g/mol. The number of hydrogen-bond donors (Lipinski definition) is 1. The van der Waals surface area contributed by atoms with E-state index >= 15 is 0 Å². The first-order chi connectivity index (χ1) is 7.86. The molecule has 3 heteroatoms. The standard InChI is InChI=1S/C13H19FN2/c1-2-15-12-7-9-16(10-8-14)13-6-4-3-5-11(12)13/h3-6,12,15H,2,7-10H2,1H3. The number of rotatable bonds is 4. The van der Waals surface area contributed by atoms with E-state index in [1.54, 1.807) is 0 Å². The Labute approximate surface area is 96.5 Å². The van der Waals surface area contributed by atoms with Gasteiger partial charge in [0.05, 0.1) is 0 Å². The highest BCUT2D eigenvalue weighted by Crippen LogP contribution is 2.33. The van der Waals surface area contributed by atoms with Gasteiger partial charge in [0.15, 0.2) is 0 Å². The molecule has 0 spiro atoms. The molecule has 16 heavy (non-hydrogen) atoms. The molecular formula is C13H19FN2. The second-order valence-electron chi connectivity index (χ2n) is 4.13. The summed E-state index contributed by atoms with van der Waals surface area (Å²) in [5, 5.41) is 3.48. The number of fused-ring (bicyclic) bond motifs is 1. The quantitative estimate of drug-likeness (QED) is 0.842. The van der Waals surface area contributed by atoms with Gasteiger partial charge >= 0.3 is 0 Å². The molecule has 1 aromatic rings. The third kappa shape index (κ3) is 2.19. The minimum atomic E-state index is -0.278. The van der Waals surface area contributed by atoms with E-state index in [2.05, 4.69) is 35.3 Å². The Morgan fingerprint density at radius 1 is 1.44 bits per heavy atom. The van der Waals surface area contributed by atoms with Crippen LogP contribution in [-0.2, 0) is 0 Å². The van der Waals surface area contributed by atoms with Crippen LogP contribution in [0.2, 0.25) is 0 Å². The maximum absolute atomic E-state index is 12.5. The average Bonchev–Trinajstić information content (AvgIpc) is 2.33. The summed E-state index contributed by atoms with van der Waals surface area (Å²) in [6.07, 6.45) is 1.06. The molecule has 1 unspecified atom stereocenters. The topological polar surface area (TPSA) is 15.3 Å². The van der Waals surface area contributed by atoms with Crippen LogP contribution >= 0.6 is 0 Å². The number of para-hydroxylation sites is 1. The fourth-order valence-electron chi connectivity index (χ4n) is 2.42. The number of alkyl halides is 1. The monoisotopic (exact) mass is 222 g/mol. The lowest BCUT2D eigenvalue weighted by Crippen LogP contribution is -2.36. The predicted molar refractivity (Wildman–Crippen MR) is 65.7 cm³/mol. The molecule has 1 atom stereocenters. The first-order valence-electron chi connectivity index (χ1n) is 6.00. The predicted octanol–water partition coefficient (Wildman–Crippen LogP) is 2.52. The van der Waals surface area contributed by atoms with Gasteiger partial charge in [0.25, 0.3) is 0 Å². The lowest BCUT2D eigenvalue weighted by molar-refractivity contribution is 0.455. The molecule has 0 aliphatic carbocycles. The van der Waals surface area contributed by atoms with Crippen LogP contribution in [0.1, 0.15) is 24.9 Å². The zero-order chi connectivity index (χ0) is 11.4. The molecule has 0 bridgehead atoms. The molecule has 0 saturated heterocycles. The second kappa shape index (κ2) is 5.30. The summed E-state index contributed by atoms with van der Waals surface area (Å²) in [6, 6.07) is 8.75. The van der Waals surface area contributed by atoms with Gasteiger partial charge in [-0.3, -0.25) is 0 Å². The third-order valence-corrected chi connectivity index (χ3v) is 3.15. The van der Waals surface area contributed by atoms with E-state index < -0.39 is 0 Å². The molecule has 0 fully saturated rings. The van der Waals surface area contributed by atoms with Crippen molar-refractivity contribution >= 4 is 5.69 Å². The van der Waals surface area contributed by atoms with Gasteiger partial charge in [0, 0.05) is 24.8 Å². The van der Waals surface area contributed by atoms with E-state index in [-0.39, 0.29) is 6.67 Å². The Kier molecular flexibility index (Phi) is 3.78. The van der Waals surface area contributed by atoms with Crippen molar-refractivity contribution < 1.29 is 4.39 Å². The summed E-state index contributed by atoms with van der Waals surface area (Å²) < 4.78 is 12.5. The molecule has 0 amide bonds. The van der Waals surface area contributed by atoms with E-state index in [1.165, 1.54) is 11.3 Å². The van der Waals surface area contributed by atoms with E-state index in [1.807, 2.05) is 6.07 Å². The number of nitrogens with one attached hydrogen (secondary N) is 1. The van der Waals surface area contributed by atoms with Crippen LogP contribution in [0.15, 0.2) is 24.3 Å². The molecule has 1 aliphatic rings. The van der Waals surface area contributed by atoms with Crippen molar-refractivity contribution in [2.24, 2.45) is 0 Å². The van der Waals surface area contributed by atoms with Gasteiger partial charge in [0.1, 0.15) is 6.67 Å². The summed E-state index contributed by atoms with van der Waals surface area (Å²) in [6.45, 7) is 4.27. The first kappa shape index (κ1) is 11.4. The van der Waals surface area contributed by atoms with Crippen molar-refractivity contribution in [1.82, 2.24) is 5.32 Å².